The Morgan fingerprint density at radius 1 is 0.333 bits per heavy atom. The first-order valence-corrected chi connectivity index (χ1v) is 17.8. The Kier molecular flexibility index (Phi) is 5.97. The molecule has 0 saturated heterocycles. The number of benzene rings is 5. The van der Waals surface area contributed by atoms with Crippen molar-refractivity contribution < 1.29 is 0 Å². The molecule has 4 heteroatoms. The van der Waals surface area contributed by atoms with E-state index >= 15 is 0 Å². The maximum atomic E-state index is 2.46. The smallest absolute Gasteiger partial charge is 0.0362 e. The van der Waals surface area contributed by atoms with Crippen molar-refractivity contribution in [2.45, 2.75) is 25.7 Å². The first-order chi connectivity index (χ1) is 20.7. The van der Waals surface area contributed by atoms with Gasteiger partial charge in [-0.25, -0.2) is 0 Å². The zero-order valence-corrected chi connectivity index (χ0v) is 26.1. The minimum atomic E-state index is 1.10. The van der Waals surface area contributed by atoms with Crippen molar-refractivity contribution in [3.63, 3.8) is 0 Å². The molecule has 9 rings (SSSR count). The van der Waals surface area contributed by atoms with Gasteiger partial charge in [0.1, 0.15) is 0 Å². The lowest BCUT2D eigenvalue weighted by atomic mass is 10.1. The summed E-state index contributed by atoms with van der Waals surface area (Å²) >= 11 is 7.82. The third-order valence-electron chi connectivity index (χ3n) is 8.45. The van der Waals surface area contributed by atoms with Gasteiger partial charge in [-0.1, -0.05) is 60.7 Å². The second kappa shape index (κ2) is 10.0. The van der Waals surface area contributed by atoms with Crippen molar-refractivity contribution in [1.29, 1.82) is 0 Å². The Labute approximate surface area is 260 Å². The summed E-state index contributed by atoms with van der Waals surface area (Å²) in [5.41, 5.74) is 2.83. The third-order valence-corrected chi connectivity index (χ3v) is 13.0. The number of hydrogen-bond donors (Lipinski definition) is 0. The quantitative estimate of drug-likeness (QED) is 0.176. The molecule has 0 aliphatic heterocycles. The zero-order chi connectivity index (χ0) is 27.6. The molecule has 42 heavy (non-hydrogen) atoms. The molecule has 0 atom stereocenters. The number of rotatable bonds is 6. The summed E-state index contributed by atoms with van der Waals surface area (Å²) in [4.78, 5) is 2.96. The van der Waals surface area contributed by atoms with Crippen molar-refractivity contribution >= 4 is 106 Å². The SMILES string of the molecule is c1ccc(CCc2cc3cc4sc5cc6c(cc5c4cc3s2)sc2cc3cc(CCc4ccccc4)sc3cc26)cc1. The summed E-state index contributed by atoms with van der Waals surface area (Å²) in [5, 5.41) is 8.39. The van der Waals surface area contributed by atoms with Gasteiger partial charge in [-0.15, -0.1) is 45.3 Å². The molecular weight excluding hydrogens is 585 g/mol. The molecular formula is C38H26S4. The summed E-state index contributed by atoms with van der Waals surface area (Å²) in [5.74, 6) is 0. The highest BCUT2D eigenvalue weighted by atomic mass is 32.1. The maximum absolute atomic E-state index is 2.46. The summed E-state index contributed by atoms with van der Waals surface area (Å²) in [6.07, 6.45) is 4.40. The second-order valence-electron chi connectivity index (χ2n) is 11.2. The highest BCUT2D eigenvalue weighted by Crippen LogP contribution is 2.45. The Hall–Kier alpha value is -3.54. The largest absolute Gasteiger partial charge is 0.140 e. The summed E-state index contributed by atoms with van der Waals surface area (Å²) in [7, 11) is 0. The van der Waals surface area contributed by atoms with Gasteiger partial charge in [-0.3, -0.25) is 0 Å². The first kappa shape index (κ1) is 25.0. The molecule has 0 saturated carbocycles. The van der Waals surface area contributed by atoms with E-state index in [-0.39, 0.29) is 0 Å². The van der Waals surface area contributed by atoms with Gasteiger partial charge in [0.05, 0.1) is 0 Å². The average Bonchev–Trinajstić information content (AvgIpc) is 3.78. The van der Waals surface area contributed by atoms with E-state index in [0.717, 1.165) is 25.7 Å². The van der Waals surface area contributed by atoms with Gasteiger partial charge in [0, 0.05) is 59.5 Å². The molecule has 0 bridgehead atoms. The van der Waals surface area contributed by atoms with Crippen LogP contribution in [0.25, 0.3) is 60.5 Å². The Morgan fingerprint density at radius 2 is 0.714 bits per heavy atom. The van der Waals surface area contributed by atoms with Gasteiger partial charge in [-0.2, -0.15) is 0 Å². The maximum Gasteiger partial charge on any atom is 0.0362 e. The van der Waals surface area contributed by atoms with Gasteiger partial charge < -0.3 is 0 Å². The van der Waals surface area contributed by atoms with Crippen LogP contribution >= 0.6 is 45.3 Å². The molecule has 5 aromatic carbocycles. The van der Waals surface area contributed by atoms with Crippen LogP contribution in [0.3, 0.4) is 0 Å². The fourth-order valence-electron chi connectivity index (χ4n) is 6.29. The van der Waals surface area contributed by atoms with Crippen LogP contribution in [0.5, 0.6) is 0 Å². The molecule has 0 aliphatic carbocycles. The molecule has 4 heterocycles. The van der Waals surface area contributed by atoms with E-state index in [1.54, 1.807) is 0 Å². The van der Waals surface area contributed by atoms with Crippen LogP contribution < -0.4 is 0 Å². The van der Waals surface area contributed by atoms with Gasteiger partial charge in [0.2, 0.25) is 0 Å². The predicted octanol–water partition coefficient (Wildman–Crippen LogP) is 12.4. The average molecular weight is 611 g/mol. The van der Waals surface area contributed by atoms with E-state index in [1.165, 1.54) is 81.4 Å². The molecule has 0 N–H and O–H groups in total. The molecule has 0 aliphatic rings. The number of aryl methyl sites for hydroxylation is 4. The highest BCUT2D eigenvalue weighted by Gasteiger charge is 2.14. The van der Waals surface area contributed by atoms with Crippen molar-refractivity contribution in [3.05, 3.63) is 130 Å². The topological polar surface area (TPSA) is 0 Å². The summed E-state index contributed by atoms with van der Waals surface area (Å²) in [6.45, 7) is 0. The van der Waals surface area contributed by atoms with Crippen molar-refractivity contribution in [1.82, 2.24) is 0 Å². The second-order valence-corrected chi connectivity index (χ2v) is 15.7. The molecule has 0 nitrogen and oxygen atoms in total. The van der Waals surface area contributed by atoms with E-state index in [1.807, 2.05) is 45.3 Å². The first-order valence-electron chi connectivity index (χ1n) is 14.5. The van der Waals surface area contributed by atoms with Gasteiger partial charge in [-0.05, 0) is 96.1 Å². The summed E-state index contributed by atoms with van der Waals surface area (Å²) < 4.78 is 8.41. The van der Waals surface area contributed by atoms with Crippen molar-refractivity contribution in [2.75, 3.05) is 0 Å². The monoisotopic (exact) mass is 610 g/mol. The fraction of sp³-hybridized carbons (Fsp3) is 0.105. The van der Waals surface area contributed by atoms with E-state index in [4.69, 9.17) is 0 Å². The van der Waals surface area contributed by atoms with E-state index in [2.05, 4.69) is 109 Å². The standard InChI is InChI=1S/C38H26S4/c1-3-7-23(8-4-1)11-13-27-15-25-17-35-29(19-33(25)39-27)31-21-38-32(22-37(31)41-35)30-20-34-26(18-36(30)42-38)16-28(40-34)14-12-24-9-5-2-6-10-24/h1-10,15-22H,11-14H2. The molecule has 0 unspecified atom stereocenters. The van der Waals surface area contributed by atoms with Crippen LogP contribution in [0.1, 0.15) is 20.9 Å². The highest BCUT2D eigenvalue weighted by molar-refractivity contribution is 7.28. The molecule has 0 fully saturated rings. The van der Waals surface area contributed by atoms with Gasteiger partial charge in [0.25, 0.3) is 0 Å². The summed E-state index contributed by atoms with van der Waals surface area (Å²) in [6, 6.07) is 41.2. The van der Waals surface area contributed by atoms with Crippen molar-refractivity contribution in [2.24, 2.45) is 0 Å². The molecule has 0 amide bonds. The predicted molar refractivity (Wildman–Crippen MR) is 191 cm³/mol. The number of thiophene rings is 4. The number of hydrogen-bond acceptors (Lipinski definition) is 4. The lowest BCUT2D eigenvalue weighted by Gasteiger charge is -1.98. The molecule has 0 spiro atoms. The van der Waals surface area contributed by atoms with Gasteiger partial charge >= 0.3 is 0 Å². The minimum Gasteiger partial charge on any atom is -0.140 e. The zero-order valence-electron chi connectivity index (χ0n) is 22.9. The molecule has 0 radical (unpaired) electrons. The molecule has 9 aromatic rings. The Balaban J connectivity index is 1.07. The molecule has 4 aromatic heterocycles. The minimum absolute atomic E-state index is 1.10. The molecule has 202 valence electrons. The van der Waals surface area contributed by atoms with Crippen LogP contribution in [0, 0.1) is 0 Å². The van der Waals surface area contributed by atoms with Gasteiger partial charge in [0.15, 0.2) is 0 Å². The van der Waals surface area contributed by atoms with Crippen LogP contribution in [0.15, 0.2) is 109 Å². The third kappa shape index (κ3) is 4.37. The van der Waals surface area contributed by atoms with Crippen LogP contribution in [-0.4, -0.2) is 0 Å². The fourth-order valence-corrected chi connectivity index (χ4v) is 10.8. The van der Waals surface area contributed by atoms with Crippen molar-refractivity contribution in [3.8, 4) is 0 Å². The normalized spacial score (nSPS) is 12.2. The van der Waals surface area contributed by atoms with E-state index in [0.29, 0.717) is 0 Å². The number of fused-ring (bicyclic) bond motifs is 8. The van der Waals surface area contributed by atoms with Crippen LogP contribution in [-0.2, 0) is 25.7 Å². The lowest BCUT2D eigenvalue weighted by molar-refractivity contribution is 0.982. The lowest BCUT2D eigenvalue weighted by Crippen LogP contribution is -1.87. The van der Waals surface area contributed by atoms with E-state index < -0.39 is 0 Å². The van der Waals surface area contributed by atoms with Crippen LogP contribution in [0.2, 0.25) is 0 Å². The Bertz CT molecular complexity index is 2230. The van der Waals surface area contributed by atoms with E-state index in [9.17, 15) is 0 Å². The Morgan fingerprint density at radius 3 is 1.14 bits per heavy atom. The van der Waals surface area contributed by atoms with Crippen LogP contribution in [0.4, 0.5) is 0 Å².